The average molecular weight is 396 g/mol. The van der Waals surface area contributed by atoms with Crippen molar-refractivity contribution in [1.82, 2.24) is 4.98 Å². The van der Waals surface area contributed by atoms with Crippen LogP contribution in [0.4, 0.5) is 17.2 Å². The number of carbonyl (C=O) groups is 2. The highest BCUT2D eigenvalue weighted by Crippen LogP contribution is 2.19. The van der Waals surface area contributed by atoms with Crippen molar-refractivity contribution in [2.24, 2.45) is 0 Å². The summed E-state index contributed by atoms with van der Waals surface area (Å²) in [5.74, 6) is 0.644. The fraction of sp³-hybridized carbons (Fsp3) is 0.0952. The van der Waals surface area contributed by atoms with Crippen molar-refractivity contribution in [1.29, 1.82) is 0 Å². The molecule has 0 fully saturated rings. The zero-order valence-corrected chi connectivity index (χ0v) is 15.9. The Morgan fingerprint density at radius 1 is 1.04 bits per heavy atom. The van der Waals surface area contributed by atoms with Crippen LogP contribution in [0.2, 0.25) is 5.02 Å². The van der Waals surface area contributed by atoms with Crippen molar-refractivity contribution in [3.63, 3.8) is 0 Å². The fourth-order valence-electron chi connectivity index (χ4n) is 2.38. The van der Waals surface area contributed by atoms with E-state index in [2.05, 4.69) is 15.6 Å². The molecule has 2 aromatic carbocycles. The normalized spacial score (nSPS) is 10.2. The molecule has 142 valence electrons. The first kappa shape index (κ1) is 19.4. The van der Waals surface area contributed by atoms with Crippen LogP contribution in [0.25, 0.3) is 0 Å². The van der Waals surface area contributed by atoms with Gasteiger partial charge in [-0.05, 0) is 55.5 Å². The van der Waals surface area contributed by atoms with Crippen LogP contribution in [0, 0.1) is 0 Å². The summed E-state index contributed by atoms with van der Waals surface area (Å²) in [7, 11) is 0. The minimum atomic E-state index is -0.322. The molecule has 1 amide bonds. The number of carbonyl (C=O) groups excluding carboxylic acids is 2. The SMILES string of the molecule is CC(=O)c1cccc(Nc2ccc(NC(=O)COc3ccc(Cl)cc3)nc2)c1. The van der Waals surface area contributed by atoms with Gasteiger partial charge in [-0.2, -0.15) is 0 Å². The molecular formula is C21H18ClN3O3. The maximum atomic E-state index is 12.0. The van der Waals surface area contributed by atoms with E-state index >= 15 is 0 Å². The van der Waals surface area contributed by atoms with Crippen molar-refractivity contribution in [3.05, 3.63) is 77.4 Å². The summed E-state index contributed by atoms with van der Waals surface area (Å²) in [6.45, 7) is 1.38. The molecule has 6 nitrogen and oxygen atoms in total. The van der Waals surface area contributed by atoms with E-state index in [1.807, 2.05) is 12.1 Å². The second-order valence-corrected chi connectivity index (χ2v) is 6.42. The van der Waals surface area contributed by atoms with Crippen molar-refractivity contribution >= 4 is 40.5 Å². The number of ketones is 1. The predicted octanol–water partition coefficient (Wildman–Crippen LogP) is 4.70. The molecule has 0 aliphatic rings. The Hall–Kier alpha value is -3.38. The third-order valence-electron chi connectivity index (χ3n) is 3.77. The molecule has 0 saturated heterocycles. The zero-order chi connectivity index (χ0) is 19.9. The van der Waals surface area contributed by atoms with Crippen LogP contribution in [0.5, 0.6) is 5.75 Å². The third kappa shape index (κ3) is 5.56. The van der Waals surface area contributed by atoms with Crippen LogP contribution in [-0.4, -0.2) is 23.3 Å². The number of anilines is 3. The first-order valence-electron chi connectivity index (χ1n) is 8.52. The van der Waals surface area contributed by atoms with E-state index in [1.165, 1.54) is 6.92 Å². The van der Waals surface area contributed by atoms with Gasteiger partial charge in [0.25, 0.3) is 5.91 Å². The molecule has 0 unspecified atom stereocenters. The summed E-state index contributed by atoms with van der Waals surface area (Å²) in [5, 5.41) is 6.43. The number of rotatable bonds is 7. The van der Waals surface area contributed by atoms with Crippen LogP contribution < -0.4 is 15.4 Å². The van der Waals surface area contributed by atoms with Crippen LogP contribution >= 0.6 is 11.6 Å². The maximum absolute atomic E-state index is 12.0. The van der Waals surface area contributed by atoms with Crippen LogP contribution in [0.15, 0.2) is 66.9 Å². The Bertz CT molecular complexity index is 973. The van der Waals surface area contributed by atoms with Crippen molar-refractivity contribution in [2.75, 3.05) is 17.2 Å². The summed E-state index contributed by atoms with van der Waals surface area (Å²) in [5.41, 5.74) is 2.14. The molecule has 3 aromatic rings. The van der Waals surface area contributed by atoms with Crippen molar-refractivity contribution < 1.29 is 14.3 Å². The largest absolute Gasteiger partial charge is 0.484 e. The lowest BCUT2D eigenvalue weighted by Crippen LogP contribution is -2.20. The van der Waals surface area contributed by atoms with Crippen LogP contribution in [0.1, 0.15) is 17.3 Å². The standard InChI is InChI=1S/C21H18ClN3O3/c1-14(26)15-3-2-4-17(11-15)24-18-7-10-20(23-12-18)25-21(27)13-28-19-8-5-16(22)6-9-19/h2-12,24H,13H2,1H3,(H,23,25,27). The first-order chi connectivity index (χ1) is 13.5. The van der Waals surface area contributed by atoms with Crippen molar-refractivity contribution in [3.8, 4) is 5.75 Å². The van der Waals surface area contributed by atoms with Gasteiger partial charge in [-0.3, -0.25) is 9.59 Å². The number of hydrogen-bond donors (Lipinski definition) is 2. The number of nitrogens with zero attached hydrogens (tertiary/aromatic N) is 1. The lowest BCUT2D eigenvalue weighted by atomic mass is 10.1. The van der Waals surface area contributed by atoms with Gasteiger partial charge in [-0.15, -0.1) is 0 Å². The molecule has 28 heavy (non-hydrogen) atoms. The van der Waals surface area contributed by atoms with Gasteiger partial charge in [0.05, 0.1) is 11.9 Å². The number of ether oxygens (including phenoxy) is 1. The van der Waals surface area contributed by atoms with Gasteiger partial charge in [-0.1, -0.05) is 23.7 Å². The molecule has 0 saturated carbocycles. The summed E-state index contributed by atoms with van der Waals surface area (Å²) in [6, 6.07) is 17.4. The quantitative estimate of drug-likeness (QED) is 0.567. The predicted molar refractivity (Wildman–Crippen MR) is 110 cm³/mol. The van der Waals surface area contributed by atoms with E-state index in [0.717, 1.165) is 11.4 Å². The van der Waals surface area contributed by atoms with Crippen LogP contribution in [-0.2, 0) is 4.79 Å². The molecule has 0 aliphatic heterocycles. The second-order valence-electron chi connectivity index (χ2n) is 5.98. The molecule has 1 aromatic heterocycles. The molecule has 0 atom stereocenters. The van der Waals surface area contributed by atoms with Gasteiger partial charge in [0.15, 0.2) is 12.4 Å². The van der Waals surface area contributed by atoms with Gasteiger partial charge < -0.3 is 15.4 Å². The minimum Gasteiger partial charge on any atom is -0.484 e. The first-order valence-corrected chi connectivity index (χ1v) is 8.90. The Labute approximate surface area is 167 Å². The van der Waals surface area contributed by atoms with Gasteiger partial charge in [0.2, 0.25) is 0 Å². The molecule has 2 N–H and O–H groups in total. The highest BCUT2D eigenvalue weighted by molar-refractivity contribution is 6.30. The molecule has 3 rings (SSSR count). The zero-order valence-electron chi connectivity index (χ0n) is 15.1. The number of nitrogens with one attached hydrogen (secondary N) is 2. The van der Waals surface area contributed by atoms with E-state index < -0.39 is 0 Å². The number of benzene rings is 2. The summed E-state index contributed by atoms with van der Waals surface area (Å²) in [6.07, 6.45) is 1.59. The van der Waals surface area contributed by atoms with Gasteiger partial charge in [0.1, 0.15) is 11.6 Å². The Morgan fingerprint density at radius 3 is 2.50 bits per heavy atom. The summed E-state index contributed by atoms with van der Waals surface area (Å²) >= 11 is 5.80. The van der Waals surface area contributed by atoms with E-state index in [4.69, 9.17) is 16.3 Å². The van der Waals surface area contributed by atoms with Gasteiger partial charge >= 0.3 is 0 Å². The Kier molecular flexibility index (Phi) is 6.24. The molecule has 1 heterocycles. The maximum Gasteiger partial charge on any atom is 0.263 e. The second kappa shape index (κ2) is 9.01. The number of pyridine rings is 1. The molecule has 7 heteroatoms. The highest BCUT2D eigenvalue weighted by atomic mass is 35.5. The Balaban J connectivity index is 1.53. The topological polar surface area (TPSA) is 80.3 Å². The molecule has 0 bridgehead atoms. The molecular weight excluding hydrogens is 378 g/mol. The van der Waals surface area contributed by atoms with E-state index in [9.17, 15) is 9.59 Å². The van der Waals surface area contributed by atoms with E-state index in [0.29, 0.717) is 22.2 Å². The van der Waals surface area contributed by atoms with Gasteiger partial charge in [-0.25, -0.2) is 4.98 Å². The van der Waals surface area contributed by atoms with E-state index in [1.54, 1.807) is 54.7 Å². The Morgan fingerprint density at radius 2 is 1.82 bits per heavy atom. The molecule has 0 aliphatic carbocycles. The number of amides is 1. The van der Waals surface area contributed by atoms with Crippen molar-refractivity contribution in [2.45, 2.75) is 6.92 Å². The smallest absolute Gasteiger partial charge is 0.263 e. The van der Waals surface area contributed by atoms with Gasteiger partial charge in [0, 0.05) is 16.3 Å². The fourth-order valence-corrected chi connectivity index (χ4v) is 2.51. The lowest BCUT2D eigenvalue weighted by Gasteiger charge is -2.09. The monoisotopic (exact) mass is 395 g/mol. The summed E-state index contributed by atoms with van der Waals surface area (Å²) < 4.78 is 5.39. The number of aromatic nitrogens is 1. The lowest BCUT2D eigenvalue weighted by molar-refractivity contribution is -0.118. The number of halogens is 1. The number of hydrogen-bond acceptors (Lipinski definition) is 5. The number of Topliss-reactive ketones (excluding diaryl/α,β-unsaturated/α-hetero) is 1. The summed E-state index contributed by atoms with van der Waals surface area (Å²) in [4.78, 5) is 27.6. The average Bonchev–Trinajstić information content (AvgIpc) is 2.69. The molecule has 0 radical (unpaired) electrons. The van der Waals surface area contributed by atoms with E-state index in [-0.39, 0.29) is 18.3 Å². The highest BCUT2D eigenvalue weighted by Gasteiger charge is 2.06. The minimum absolute atomic E-state index is 0.000606. The molecule has 0 spiro atoms. The third-order valence-corrected chi connectivity index (χ3v) is 4.02. The van der Waals surface area contributed by atoms with Crippen LogP contribution in [0.3, 0.4) is 0 Å².